The van der Waals surface area contributed by atoms with Crippen LogP contribution in [0, 0.1) is 0 Å². The molecule has 0 spiro atoms. The summed E-state index contributed by atoms with van der Waals surface area (Å²) in [5.74, 6) is 0.333. The van der Waals surface area contributed by atoms with Gasteiger partial charge in [0, 0.05) is 51.9 Å². The van der Waals surface area contributed by atoms with Crippen LogP contribution in [-0.4, -0.2) is 61.1 Å². The van der Waals surface area contributed by atoms with E-state index in [1.165, 1.54) is 0 Å². The molecule has 0 N–H and O–H groups in total. The third-order valence-corrected chi connectivity index (χ3v) is 3.84. The van der Waals surface area contributed by atoms with Gasteiger partial charge in [-0.1, -0.05) is 6.92 Å². The van der Waals surface area contributed by atoms with Crippen molar-refractivity contribution in [1.29, 1.82) is 0 Å². The van der Waals surface area contributed by atoms with Crippen molar-refractivity contribution in [3.8, 4) is 0 Å². The molecule has 0 bridgehead atoms. The van der Waals surface area contributed by atoms with Crippen LogP contribution in [0.4, 0.5) is 0 Å². The maximum atomic E-state index is 11.8. The van der Waals surface area contributed by atoms with Gasteiger partial charge in [0.2, 0.25) is 5.91 Å². The topological polar surface area (TPSA) is 32.8 Å². The van der Waals surface area contributed by atoms with Gasteiger partial charge in [0.1, 0.15) is 0 Å². The monoisotopic (exact) mass is 240 g/mol. The van der Waals surface area contributed by atoms with Crippen molar-refractivity contribution < 1.29 is 9.53 Å². The standard InChI is InChI=1S/C13H24N2O2/c1-2-3-13(16)15-8-6-14(7-9-15)12-4-10-17-11-5-12/h12H,2-11H2,1H3. The lowest BCUT2D eigenvalue weighted by molar-refractivity contribution is -0.133. The van der Waals surface area contributed by atoms with Gasteiger partial charge in [-0.2, -0.15) is 0 Å². The van der Waals surface area contributed by atoms with Gasteiger partial charge < -0.3 is 9.64 Å². The smallest absolute Gasteiger partial charge is 0.222 e. The molecular weight excluding hydrogens is 216 g/mol. The number of ether oxygens (including phenoxy) is 1. The van der Waals surface area contributed by atoms with Gasteiger partial charge in [-0.3, -0.25) is 9.69 Å². The van der Waals surface area contributed by atoms with Gasteiger partial charge in [0.25, 0.3) is 0 Å². The summed E-state index contributed by atoms with van der Waals surface area (Å²) in [6.07, 6.45) is 3.97. The molecule has 0 radical (unpaired) electrons. The van der Waals surface area contributed by atoms with Crippen LogP contribution >= 0.6 is 0 Å². The van der Waals surface area contributed by atoms with Gasteiger partial charge in [-0.05, 0) is 19.3 Å². The lowest BCUT2D eigenvalue weighted by Gasteiger charge is -2.40. The number of nitrogens with zero attached hydrogens (tertiary/aromatic N) is 2. The maximum absolute atomic E-state index is 11.8. The van der Waals surface area contributed by atoms with Gasteiger partial charge in [-0.25, -0.2) is 0 Å². The average molecular weight is 240 g/mol. The van der Waals surface area contributed by atoms with Crippen LogP contribution in [0.25, 0.3) is 0 Å². The summed E-state index contributed by atoms with van der Waals surface area (Å²) >= 11 is 0. The Morgan fingerprint density at radius 3 is 2.41 bits per heavy atom. The van der Waals surface area contributed by atoms with Crippen LogP contribution in [0.3, 0.4) is 0 Å². The highest BCUT2D eigenvalue weighted by Crippen LogP contribution is 2.16. The molecule has 0 aromatic rings. The summed E-state index contributed by atoms with van der Waals surface area (Å²) in [4.78, 5) is 16.3. The van der Waals surface area contributed by atoms with E-state index < -0.39 is 0 Å². The minimum atomic E-state index is 0.333. The molecule has 2 rings (SSSR count). The SMILES string of the molecule is CCCC(=O)N1CCN(C2CCOCC2)CC1. The zero-order valence-electron chi connectivity index (χ0n) is 10.9. The van der Waals surface area contributed by atoms with E-state index in [4.69, 9.17) is 4.74 Å². The molecule has 17 heavy (non-hydrogen) atoms. The highest BCUT2D eigenvalue weighted by molar-refractivity contribution is 5.76. The van der Waals surface area contributed by atoms with E-state index in [0.29, 0.717) is 18.4 Å². The van der Waals surface area contributed by atoms with E-state index in [1.54, 1.807) is 0 Å². The highest BCUT2D eigenvalue weighted by Gasteiger charge is 2.26. The van der Waals surface area contributed by atoms with Crippen LogP contribution in [0.5, 0.6) is 0 Å². The summed E-state index contributed by atoms with van der Waals surface area (Å²) in [5, 5.41) is 0. The fraction of sp³-hybridized carbons (Fsp3) is 0.923. The molecule has 0 aromatic carbocycles. The Kier molecular flexibility index (Phi) is 4.80. The Hall–Kier alpha value is -0.610. The molecular formula is C13H24N2O2. The minimum Gasteiger partial charge on any atom is -0.381 e. The number of hydrogen-bond donors (Lipinski definition) is 0. The molecule has 4 nitrogen and oxygen atoms in total. The number of hydrogen-bond acceptors (Lipinski definition) is 3. The molecule has 0 unspecified atom stereocenters. The van der Waals surface area contributed by atoms with Crippen molar-refractivity contribution in [3.05, 3.63) is 0 Å². The first kappa shape index (κ1) is 12.8. The maximum Gasteiger partial charge on any atom is 0.222 e. The third-order valence-electron chi connectivity index (χ3n) is 3.84. The molecule has 4 heteroatoms. The fourth-order valence-electron chi connectivity index (χ4n) is 2.76. The van der Waals surface area contributed by atoms with Gasteiger partial charge in [-0.15, -0.1) is 0 Å². The first-order valence-corrected chi connectivity index (χ1v) is 6.91. The molecule has 1 amide bonds. The molecule has 2 heterocycles. The molecule has 2 aliphatic heterocycles. The first-order valence-electron chi connectivity index (χ1n) is 6.91. The van der Waals surface area contributed by atoms with Crippen molar-refractivity contribution in [1.82, 2.24) is 9.80 Å². The van der Waals surface area contributed by atoms with E-state index in [0.717, 1.165) is 58.7 Å². The van der Waals surface area contributed by atoms with Crippen LogP contribution < -0.4 is 0 Å². The second-order valence-corrected chi connectivity index (χ2v) is 5.01. The van der Waals surface area contributed by atoms with Gasteiger partial charge in [0.15, 0.2) is 0 Å². The Balaban J connectivity index is 1.75. The third kappa shape index (κ3) is 3.42. The number of carbonyl (C=O) groups is 1. The van der Waals surface area contributed by atoms with Gasteiger partial charge >= 0.3 is 0 Å². The predicted octanol–water partition coefficient (Wildman–Crippen LogP) is 1.11. The fourth-order valence-corrected chi connectivity index (χ4v) is 2.76. The molecule has 2 aliphatic rings. The normalized spacial score (nSPS) is 23.9. The van der Waals surface area contributed by atoms with E-state index in [9.17, 15) is 4.79 Å². The lowest BCUT2D eigenvalue weighted by Crippen LogP contribution is -2.53. The number of rotatable bonds is 3. The quantitative estimate of drug-likeness (QED) is 0.741. The van der Waals surface area contributed by atoms with Crippen molar-refractivity contribution in [2.45, 2.75) is 38.6 Å². The van der Waals surface area contributed by atoms with Crippen LogP contribution in [0.1, 0.15) is 32.6 Å². The summed E-state index contributed by atoms with van der Waals surface area (Å²) < 4.78 is 5.39. The predicted molar refractivity (Wildman–Crippen MR) is 66.9 cm³/mol. The Morgan fingerprint density at radius 2 is 1.82 bits per heavy atom. The summed E-state index contributed by atoms with van der Waals surface area (Å²) in [6.45, 7) is 7.78. The van der Waals surface area contributed by atoms with E-state index in [-0.39, 0.29) is 0 Å². The summed E-state index contributed by atoms with van der Waals surface area (Å²) in [6, 6.07) is 0.687. The largest absolute Gasteiger partial charge is 0.381 e. The molecule has 0 saturated carbocycles. The summed E-state index contributed by atoms with van der Waals surface area (Å²) in [5.41, 5.74) is 0. The number of carbonyl (C=O) groups excluding carboxylic acids is 1. The Bertz CT molecular complexity index is 244. The molecule has 2 fully saturated rings. The Morgan fingerprint density at radius 1 is 1.18 bits per heavy atom. The van der Waals surface area contributed by atoms with Crippen molar-refractivity contribution in [2.75, 3.05) is 39.4 Å². The molecule has 98 valence electrons. The zero-order chi connectivity index (χ0) is 12.1. The van der Waals surface area contributed by atoms with Crippen molar-refractivity contribution in [3.63, 3.8) is 0 Å². The van der Waals surface area contributed by atoms with Crippen LogP contribution in [0.15, 0.2) is 0 Å². The average Bonchev–Trinajstić information content (AvgIpc) is 2.40. The van der Waals surface area contributed by atoms with E-state index in [2.05, 4.69) is 11.8 Å². The second kappa shape index (κ2) is 6.36. The van der Waals surface area contributed by atoms with Crippen LogP contribution in [0.2, 0.25) is 0 Å². The molecule has 2 saturated heterocycles. The number of piperazine rings is 1. The number of amides is 1. The van der Waals surface area contributed by atoms with Crippen LogP contribution in [-0.2, 0) is 9.53 Å². The first-order chi connectivity index (χ1) is 8.31. The molecule has 0 aliphatic carbocycles. The highest BCUT2D eigenvalue weighted by atomic mass is 16.5. The Labute approximate surface area is 104 Å². The van der Waals surface area contributed by atoms with E-state index >= 15 is 0 Å². The summed E-state index contributed by atoms with van der Waals surface area (Å²) in [7, 11) is 0. The molecule has 0 atom stereocenters. The van der Waals surface area contributed by atoms with Crippen molar-refractivity contribution >= 4 is 5.91 Å². The zero-order valence-corrected chi connectivity index (χ0v) is 10.9. The molecule has 0 aromatic heterocycles. The van der Waals surface area contributed by atoms with Crippen molar-refractivity contribution in [2.24, 2.45) is 0 Å². The van der Waals surface area contributed by atoms with Gasteiger partial charge in [0.05, 0.1) is 0 Å². The minimum absolute atomic E-state index is 0.333. The van der Waals surface area contributed by atoms with E-state index in [1.807, 2.05) is 4.90 Å². The lowest BCUT2D eigenvalue weighted by atomic mass is 10.1. The second-order valence-electron chi connectivity index (χ2n) is 5.01.